The highest BCUT2D eigenvalue weighted by Gasteiger charge is 2.33. The third-order valence-corrected chi connectivity index (χ3v) is 4.66. The molecule has 2 aliphatic rings. The van der Waals surface area contributed by atoms with Gasteiger partial charge in [-0.05, 0) is 55.9 Å². The first-order valence-electron chi connectivity index (χ1n) is 6.77. The molecule has 2 rings (SSSR count). The van der Waals surface area contributed by atoms with Gasteiger partial charge in [0.1, 0.15) is 6.29 Å². The standard InChI is InChI=1S/C14H25NO/c1-14(2)5-3-12(4-6-14)13-7-11(10-16)8-15-9-13/h10-13,15H,3-9H2,1-2H3. The van der Waals surface area contributed by atoms with Crippen LogP contribution in [-0.4, -0.2) is 19.4 Å². The summed E-state index contributed by atoms with van der Waals surface area (Å²) in [5.74, 6) is 1.89. The number of hydrogen-bond donors (Lipinski definition) is 1. The maximum absolute atomic E-state index is 10.9. The zero-order valence-electron chi connectivity index (χ0n) is 10.7. The SMILES string of the molecule is CC1(C)CCC(C2CNCC(C=O)C2)CC1. The Morgan fingerprint density at radius 2 is 1.81 bits per heavy atom. The maximum Gasteiger partial charge on any atom is 0.124 e. The summed E-state index contributed by atoms with van der Waals surface area (Å²) in [6.45, 7) is 6.81. The maximum atomic E-state index is 10.9. The van der Waals surface area contributed by atoms with Gasteiger partial charge in [0.05, 0.1) is 0 Å². The lowest BCUT2D eigenvalue weighted by Crippen LogP contribution is -2.41. The van der Waals surface area contributed by atoms with Crippen molar-refractivity contribution in [2.45, 2.75) is 46.0 Å². The van der Waals surface area contributed by atoms with Gasteiger partial charge in [0, 0.05) is 12.5 Å². The lowest BCUT2D eigenvalue weighted by molar-refractivity contribution is -0.112. The van der Waals surface area contributed by atoms with Gasteiger partial charge < -0.3 is 10.1 Å². The Kier molecular flexibility index (Phi) is 3.68. The fourth-order valence-electron chi connectivity index (χ4n) is 3.37. The quantitative estimate of drug-likeness (QED) is 0.729. The number of nitrogens with one attached hydrogen (secondary N) is 1. The Morgan fingerprint density at radius 1 is 1.12 bits per heavy atom. The molecule has 0 spiro atoms. The molecule has 1 heterocycles. The average molecular weight is 223 g/mol. The Hall–Kier alpha value is -0.370. The largest absolute Gasteiger partial charge is 0.316 e. The fourth-order valence-corrected chi connectivity index (χ4v) is 3.37. The number of hydrogen-bond acceptors (Lipinski definition) is 2. The first-order valence-corrected chi connectivity index (χ1v) is 6.77. The molecule has 0 amide bonds. The summed E-state index contributed by atoms with van der Waals surface area (Å²) < 4.78 is 0. The number of aldehydes is 1. The third-order valence-electron chi connectivity index (χ3n) is 4.66. The van der Waals surface area contributed by atoms with Crippen LogP contribution in [0.5, 0.6) is 0 Å². The van der Waals surface area contributed by atoms with Gasteiger partial charge in [0.2, 0.25) is 0 Å². The molecule has 1 saturated heterocycles. The van der Waals surface area contributed by atoms with Crippen molar-refractivity contribution >= 4 is 6.29 Å². The van der Waals surface area contributed by atoms with Gasteiger partial charge in [-0.1, -0.05) is 13.8 Å². The number of carbonyl (C=O) groups is 1. The molecule has 1 aliphatic heterocycles. The van der Waals surface area contributed by atoms with E-state index >= 15 is 0 Å². The molecule has 0 aromatic heterocycles. The summed E-state index contributed by atoms with van der Waals surface area (Å²) in [4.78, 5) is 10.9. The third kappa shape index (κ3) is 2.85. The normalized spacial score (nSPS) is 35.9. The number of carbonyl (C=O) groups excluding carboxylic acids is 1. The van der Waals surface area contributed by atoms with Crippen molar-refractivity contribution in [3.8, 4) is 0 Å². The molecular formula is C14H25NO. The molecule has 2 fully saturated rings. The van der Waals surface area contributed by atoms with Crippen molar-refractivity contribution in [2.24, 2.45) is 23.2 Å². The van der Waals surface area contributed by atoms with E-state index in [2.05, 4.69) is 19.2 Å². The zero-order valence-corrected chi connectivity index (χ0v) is 10.7. The van der Waals surface area contributed by atoms with Crippen LogP contribution < -0.4 is 5.32 Å². The van der Waals surface area contributed by atoms with E-state index < -0.39 is 0 Å². The van der Waals surface area contributed by atoms with Gasteiger partial charge in [-0.25, -0.2) is 0 Å². The van der Waals surface area contributed by atoms with Crippen molar-refractivity contribution in [1.82, 2.24) is 5.32 Å². The lowest BCUT2D eigenvalue weighted by atomic mass is 9.67. The molecular weight excluding hydrogens is 198 g/mol. The van der Waals surface area contributed by atoms with Crippen LogP contribution in [0.25, 0.3) is 0 Å². The van der Waals surface area contributed by atoms with Crippen LogP contribution in [0.3, 0.4) is 0 Å². The molecule has 16 heavy (non-hydrogen) atoms. The van der Waals surface area contributed by atoms with Gasteiger partial charge in [-0.3, -0.25) is 0 Å². The zero-order chi connectivity index (χ0) is 11.6. The van der Waals surface area contributed by atoms with E-state index in [9.17, 15) is 4.79 Å². The van der Waals surface area contributed by atoms with Gasteiger partial charge in [-0.2, -0.15) is 0 Å². The van der Waals surface area contributed by atoms with Crippen LogP contribution in [0.4, 0.5) is 0 Å². The van der Waals surface area contributed by atoms with Gasteiger partial charge in [0.15, 0.2) is 0 Å². The van der Waals surface area contributed by atoms with Gasteiger partial charge >= 0.3 is 0 Å². The monoisotopic (exact) mass is 223 g/mol. The second kappa shape index (κ2) is 4.87. The summed E-state index contributed by atoms with van der Waals surface area (Å²) in [5.41, 5.74) is 0.558. The van der Waals surface area contributed by atoms with Crippen molar-refractivity contribution in [1.29, 1.82) is 0 Å². The molecule has 2 nitrogen and oxygen atoms in total. The number of rotatable bonds is 2. The Labute approximate surface area is 99.2 Å². The van der Waals surface area contributed by atoms with E-state index in [1.54, 1.807) is 0 Å². The predicted octanol–water partition coefficient (Wildman–Crippen LogP) is 2.63. The van der Waals surface area contributed by atoms with Crippen LogP contribution in [0.15, 0.2) is 0 Å². The van der Waals surface area contributed by atoms with Crippen LogP contribution in [0.1, 0.15) is 46.0 Å². The van der Waals surface area contributed by atoms with Crippen LogP contribution in [0, 0.1) is 23.2 Å². The highest BCUT2D eigenvalue weighted by Crippen LogP contribution is 2.42. The van der Waals surface area contributed by atoms with E-state index in [1.807, 2.05) is 0 Å². The molecule has 1 N–H and O–H groups in total. The molecule has 92 valence electrons. The average Bonchev–Trinajstić information content (AvgIpc) is 2.29. The van der Waals surface area contributed by atoms with Gasteiger partial charge in [0.25, 0.3) is 0 Å². The first kappa shape index (κ1) is 12.1. The van der Waals surface area contributed by atoms with Crippen LogP contribution >= 0.6 is 0 Å². The predicted molar refractivity (Wildman–Crippen MR) is 66.3 cm³/mol. The van der Waals surface area contributed by atoms with Crippen LogP contribution in [0.2, 0.25) is 0 Å². The van der Waals surface area contributed by atoms with Crippen molar-refractivity contribution in [2.75, 3.05) is 13.1 Å². The highest BCUT2D eigenvalue weighted by molar-refractivity contribution is 5.54. The summed E-state index contributed by atoms with van der Waals surface area (Å²) >= 11 is 0. The topological polar surface area (TPSA) is 29.1 Å². The molecule has 1 aliphatic carbocycles. The second-order valence-electron chi connectivity index (χ2n) is 6.55. The number of piperidine rings is 1. The highest BCUT2D eigenvalue weighted by atomic mass is 16.1. The minimum atomic E-state index is 0.272. The van der Waals surface area contributed by atoms with Crippen molar-refractivity contribution in [3.05, 3.63) is 0 Å². The van der Waals surface area contributed by atoms with E-state index in [0.717, 1.165) is 37.6 Å². The van der Waals surface area contributed by atoms with Crippen LogP contribution in [-0.2, 0) is 4.79 Å². The Bertz CT molecular complexity index is 239. The Balaban J connectivity index is 1.86. The Morgan fingerprint density at radius 3 is 2.44 bits per heavy atom. The van der Waals surface area contributed by atoms with Crippen molar-refractivity contribution in [3.63, 3.8) is 0 Å². The molecule has 0 aromatic rings. The summed E-state index contributed by atoms with van der Waals surface area (Å²) in [7, 11) is 0. The van der Waals surface area contributed by atoms with E-state index in [0.29, 0.717) is 5.41 Å². The van der Waals surface area contributed by atoms with E-state index in [1.165, 1.54) is 25.7 Å². The summed E-state index contributed by atoms with van der Waals surface area (Å²) in [5, 5.41) is 3.42. The molecule has 2 atom stereocenters. The molecule has 2 heteroatoms. The summed E-state index contributed by atoms with van der Waals surface area (Å²) in [6, 6.07) is 0. The van der Waals surface area contributed by atoms with Crippen molar-refractivity contribution < 1.29 is 4.79 Å². The second-order valence-corrected chi connectivity index (χ2v) is 6.55. The smallest absolute Gasteiger partial charge is 0.124 e. The molecule has 1 saturated carbocycles. The molecule has 0 aromatic carbocycles. The van der Waals surface area contributed by atoms with E-state index in [4.69, 9.17) is 0 Å². The minimum absolute atomic E-state index is 0.272. The van der Waals surface area contributed by atoms with Gasteiger partial charge in [-0.15, -0.1) is 0 Å². The lowest BCUT2D eigenvalue weighted by Gasteiger charge is -2.40. The first-order chi connectivity index (χ1) is 7.61. The molecule has 0 radical (unpaired) electrons. The fraction of sp³-hybridized carbons (Fsp3) is 0.929. The van der Waals surface area contributed by atoms with E-state index in [-0.39, 0.29) is 5.92 Å². The molecule has 2 unspecified atom stereocenters. The minimum Gasteiger partial charge on any atom is -0.316 e. The summed E-state index contributed by atoms with van der Waals surface area (Å²) in [6.07, 6.45) is 7.73. The molecule has 0 bridgehead atoms.